The summed E-state index contributed by atoms with van der Waals surface area (Å²) in [6.45, 7) is 11.3. The van der Waals surface area contributed by atoms with Crippen LogP contribution in [-0.4, -0.2) is 16.7 Å². The lowest BCUT2D eigenvalue weighted by atomic mass is 9.96. The van der Waals surface area contributed by atoms with E-state index < -0.39 is 11.6 Å². The minimum atomic E-state index is -0.754. The number of benzene rings is 1. The van der Waals surface area contributed by atoms with Crippen molar-refractivity contribution in [2.24, 2.45) is 0 Å². The molecule has 0 amide bonds. The van der Waals surface area contributed by atoms with Crippen molar-refractivity contribution in [2.75, 3.05) is 0 Å². The van der Waals surface area contributed by atoms with Gasteiger partial charge in [0, 0.05) is 0 Å². The fourth-order valence-corrected chi connectivity index (χ4v) is 1.59. The SMILES string of the molecule is C=CC(C)(C)OC(=O)c1cc(C(C)CC)ccc1O. The number of phenolic OH excluding ortho intramolecular Hbond substituents is 1. The topological polar surface area (TPSA) is 46.5 Å². The molecule has 0 aliphatic rings. The molecule has 0 saturated carbocycles. The molecule has 1 unspecified atom stereocenters. The van der Waals surface area contributed by atoms with Gasteiger partial charge in [0.25, 0.3) is 0 Å². The van der Waals surface area contributed by atoms with Gasteiger partial charge in [0.1, 0.15) is 16.9 Å². The molecule has 1 aromatic rings. The van der Waals surface area contributed by atoms with Crippen LogP contribution in [0.4, 0.5) is 0 Å². The Bertz CT molecular complexity index is 475. The molecular weight excluding hydrogens is 240 g/mol. The molecule has 1 rings (SSSR count). The van der Waals surface area contributed by atoms with E-state index in [1.807, 2.05) is 6.07 Å². The molecule has 1 aromatic carbocycles. The van der Waals surface area contributed by atoms with Crippen LogP contribution in [0.5, 0.6) is 5.75 Å². The highest BCUT2D eigenvalue weighted by Gasteiger charge is 2.22. The zero-order valence-corrected chi connectivity index (χ0v) is 12.1. The summed E-state index contributed by atoms with van der Waals surface area (Å²) < 4.78 is 5.31. The highest BCUT2D eigenvalue weighted by Crippen LogP contribution is 2.27. The Morgan fingerprint density at radius 3 is 2.68 bits per heavy atom. The molecule has 0 aromatic heterocycles. The lowest BCUT2D eigenvalue weighted by molar-refractivity contribution is 0.0171. The van der Waals surface area contributed by atoms with Crippen molar-refractivity contribution in [3.05, 3.63) is 42.0 Å². The number of hydrogen-bond donors (Lipinski definition) is 1. The predicted octanol–water partition coefficient (Wildman–Crippen LogP) is 4.03. The number of phenols is 1. The van der Waals surface area contributed by atoms with Crippen LogP contribution in [-0.2, 0) is 4.74 Å². The summed E-state index contributed by atoms with van der Waals surface area (Å²) in [6, 6.07) is 5.07. The van der Waals surface area contributed by atoms with Crippen LogP contribution in [0.25, 0.3) is 0 Å². The molecule has 0 radical (unpaired) electrons. The van der Waals surface area contributed by atoms with Crippen molar-refractivity contribution in [3.63, 3.8) is 0 Å². The van der Waals surface area contributed by atoms with E-state index >= 15 is 0 Å². The van der Waals surface area contributed by atoms with Gasteiger partial charge in [-0.05, 0) is 50.0 Å². The average molecular weight is 262 g/mol. The summed E-state index contributed by atoms with van der Waals surface area (Å²) in [5.74, 6) is -0.260. The van der Waals surface area contributed by atoms with E-state index in [-0.39, 0.29) is 11.3 Å². The lowest BCUT2D eigenvalue weighted by Gasteiger charge is -2.21. The van der Waals surface area contributed by atoms with Crippen LogP contribution in [0.1, 0.15) is 56.0 Å². The molecule has 1 N–H and O–H groups in total. The van der Waals surface area contributed by atoms with Gasteiger partial charge in [0.05, 0.1) is 0 Å². The second kappa shape index (κ2) is 5.91. The molecule has 0 heterocycles. The van der Waals surface area contributed by atoms with E-state index in [0.29, 0.717) is 5.92 Å². The van der Waals surface area contributed by atoms with Crippen molar-refractivity contribution in [1.82, 2.24) is 0 Å². The Morgan fingerprint density at radius 1 is 1.53 bits per heavy atom. The van der Waals surface area contributed by atoms with Crippen LogP contribution in [0.15, 0.2) is 30.9 Å². The lowest BCUT2D eigenvalue weighted by Crippen LogP contribution is -2.25. The number of carbonyl (C=O) groups is 1. The van der Waals surface area contributed by atoms with Crippen LogP contribution in [0.2, 0.25) is 0 Å². The van der Waals surface area contributed by atoms with Crippen molar-refractivity contribution in [2.45, 2.75) is 45.6 Å². The van der Waals surface area contributed by atoms with Gasteiger partial charge in [-0.2, -0.15) is 0 Å². The zero-order chi connectivity index (χ0) is 14.6. The van der Waals surface area contributed by atoms with Gasteiger partial charge in [0.15, 0.2) is 0 Å². The Kier molecular flexibility index (Phi) is 4.76. The number of ether oxygens (including phenoxy) is 1. The summed E-state index contributed by atoms with van der Waals surface area (Å²) in [7, 11) is 0. The van der Waals surface area contributed by atoms with Gasteiger partial charge in [-0.1, -0.05) is 26.5 Å². The van der Waals surface area contributed by atoms with E-state index in [1.54, 1.807) is 32.1 Å². The monoisotopic (exact) mass is 262 g/mol. The average Bonchev–Trinajstić information content (AvgIpc) is 2.37. The van der Waals surface area contributed by atoms with Crippen LogP contribution in [0, 0.1) is 0 Å². The summed E-state index contributed by atoms with van der Waals surface area (Å²) in [6.07, 6.45) is 2.53. The number of carbonyl (C=O) groups excluding carboxylic acids is 1. The summed E-state index contributed by atoms with van der Waals surface area (Å²) >= 11 is 0. The first-order chi connectivity index (χ1) is 8.80. The van der Waals surface area contributed by atoms with Gasteiger partial charge >= 0.3 is 5.97 Å². The fourth-order valence-electron chi connectivity index (χ4n) is 1.59. The summed E-state index contributed by atoms with van der Waals surface area (Å²) in [4.78, 5) is 12.1. The Labute approximate surface area is 114 Å². The number of hydrogen-bond acceptors (Lipinski definition) is 3. The smallest absolute Gasteiger partial charge is 0.342 e. The van der Waals surface area contributed by atoms with Crippen LogP contribution in [0.3, 0.4) is 0 Å². The third kappa shape index (κ3) is 3.85. The Morgan fingerprint density at radius 2 is 2.16 bits per heavy atom. The minimum Gasteiger partial charge on any atom is -0.507 e. The molecule has 3 heteroatoms. The molecule has 0 fully saturated rings. The molecule has 1 atom stereocenters. The Hall–Kier alpha value is -1.77. The second-order valence-electron chi connectivity index (χ2n) is 5.28. The van der Waals surface area contributed by atoms with Crippen molar-refractivity contribution in [1.29, 1.82) is 0 Å². The fraction of sp³-hybridized carbons (Fsp3) is 0.438. The first-order valence-corrected chi connectivity index (χ1v) is 6.50. The molecule has 0 saturated heterocycles. The first kappa shape index (κ1) is 15.3. The van der Waals surface area contributed by atoms with Crippen molar-refractivity contribution in [3.8, 4) is 5.75 Å². The standard InChI is InChI=1S/C16H22O3/c1-6-11(3)12-8-9-14(17)13(10-12)15(18)19-16(4,5)7-2/h7-11,17H,2,6H2,1,3-5H3. The maximum Gasteiger partial charge on any atom is 0.342 e. The van der Waals surface area contributed by atoms with Crippen molar-refractivity contribution >= 4 is 5.97 Å². The Balaban J connectivity index is 3.05. The molecular formula is C16H22O3. The minimum absolute atomic E-state index is 0.0584. The normalized spacial score (nSPS) is 12.8. The van der Waals surface area contributed by atoms with Crippen LogP contribution >= 0.6 is 0 Å². The molecule has 0 aliphatic heterocycles. The van der Waals surface area contributed by atoms with E-state index in [1.165, 1.54) is 0 Å². The van der Waals surface area contributed by atoms with Gasteiger partial charge < -0.3 is 9.84 Å². The van der Waals surface area contributed by atoms with Gasteiger partial charge in [0.2, 0.25) is 0 Å². The summed E-state index contributed by atoms with van der Waals surface area (Å²) in [5, 5.41) is 9.80. The van der Waals surface area contributed by atoms with E-state index in [0.717, 1.165) is 12.0 Å². The van der Waals surface area contributed by atoms with E-state index in [9.17, 15) is 9.90 Å². The number of aromatic hydroxyl groups is 1. The molecule has 0 aliphatic carbocycles. The van der Waals surface area contributed by atoms with E-state index in [2.05, 4.69) is 20.4 Å². The highest BCUT2D eigenvalue weighted by atomic mass is 16.6. The first-order valence-electron chi connectivity index (χ1n) is 6.50. The molecule has 19 heavy (non-hydrogen) atoms. The zero-order valence-electron chi connectivity index (χ0n) is 12.1. The van der Waals surface area contributed by atoms with Gasteiger partial charge in [-0.3, -0.25) is 0 Å². The summed E-state index contributed by atoms with van der Waals surface area (Å²) in [5.41, 5.74) is 0.465. The maximum absolute atomic E-state index is 12.1. The molecule has 104 valence electrons. The molecule has 0 spiro atoms. The van der Waals surface area contributed by atoms with Crippen LogP contribution < -0.4 is 0 Å². The highest BCUT2D eigenvalue weighted by molar-refractivity contribution is 5.93. The van der Waals surface area contributed by atoms with Gasteiger partial charge in [-0.25, -0.2) is 4.79 Å². The third-order valence-electron chi connectivity index (χ3n) is 3.27. The molecule has 0 bridgehead atoms. The predicted molar refractivity (Wildman–Crippen MR) is 76.5 cm³/mol. The van der Waals surface area contributed by atoms with E-state index in [4.69, 9.17) is 4.74 Å². The maximum atomic E-state index is 12.1. The van der Waals surface area contributed by atoms with Crippen molar-refractivity contribution < 1.29 is 14.6 Å². The molecule has 3 nitrogen and oxygen atoms in total. The largest absolute Gasteiger partial charge is 0.507 e. The van der Waals surface area contributed by atoms with Gasteiger partial charge in [-0.15, -0.1) is 0 Å². The quantitative estimate of drug-likeness (QED) is 0.643. The third-order valence-corrected chi connectivity index (χ3v) is 3.27. The number of rotatable bonds is 5. The second-order valence-corrected chi connectivity index (χ2v) is 5.28. The number of esters is 1.